The first-order chi connectivity index (χ1) is 9.32. The third-order valence-electron chi connectivity index (χ3n) is 3.45. The van der Waals surface area contributed by atoms with Gasteiger partial charge in [-0.05, 0) is 18.1 Å². The molecule has 0 spiro atoms. The van der Waals surface area contributed by atoms with Gasteiger partial charge in [0.2, 0.25) is 10.0 Å². The van der Waals surface area contributed by atoms with E-state index in [4.69, 9.17) is 0 Å². The molecular formula is C15H23NO3S. The first-order valence-electron chi connectivity index (χ1n) is 6.92. The Morgan fingerprint density at radius 3 is 2.50 bits per heavy atom. The number of nitrogens with zero attached hydrogens (tertiary/aromatic N) is 1. The summed E-state index contributed by atoms with van der Waals surface area (Å²) in [5.41, 5.74) is 0.450. The summed E-state index contributed by atoms with van der Waals surface area (Å²) < 4.78 is 26.3. The molecule has 0 aromatic heterocycles. The Bertz CT molecular complexity index is 566. The van der Waals surface area contributed by atoms with Gasteiger partial charge >= 0.3 is 0 Å². The summed E-state index contributed by atoms with van der Waals surface area (Å²) in [4.78, 5) is 11.9. The van der Waals surface area contributed by atoms with Crippen molar-refractivity contribution in [1.29, 1.82) is 0 Å². The van der Waals surface area contributed by atoms with E-state index in [9.17, 15) is 13.2 Å². The predicted molar refractivity (Wildman–Crippen MR) is 80.3 cm³/mol. The number of benzene rings is 1. The van der Waals surface area contributed by atoms with Gasteiger partial charge in [0, 0.05) is 25.6 Å². The molecule has 20 heavy (non-hydrogen) atoms. The Hall–Kier alpha value is -1.20. The van der Waals surface area contributed by atoms with Gasteiger partial charge in [0.15, 0.2) is 5.78 Å². The molecule has 0 saturated carbocycles. The Labute approximate surface area is 121 Å². The molecule has 0 heterocycles. The number of ketones is 1. The van der Waals surface area contributed by atoms with Gasteiger partial charge in [0.25, 0.3) is 0 Å². The molecule has 4 nitrogen and oxygen atoms in total. The number of Topliss-reactive ketones (excluding diaryl/α,β-unsaturated/α-hetero) is 1. The van der Waals surface area contributed by atoms with E-state index in [1.807, 2.05) is 13.8 Å². The summed E-state index contributed by atoms with van der Waals surface area (Å²) in [5, 5.41) is 0. The number of hydrogen-bond donors (Lipinski definition) is 0. The summed E-state index contributed by atoms with van der Waals surface area (Å²) in [5.74, 6) is 0.252. The highest BCUT2D eigenvalue weighted by Gasteiger charge is 2.22. The minimum atomic E-state index is -3.53. The van der Waals surface area contributed by atoms with E-state index in [-0.39, 0.29) is 10.7 Å². The van der Waals surface area contributed by atoms with Crippen LogP contribution in [0.25, 0.3) is 0 Å². The average molecular weight is 297 g/mol. The van der Waals surface area contributed by atoms with Crippen molar-refractivity contribution in [3.8, 4) is 0 Å². The highest BCUT2D eigenvalue weighted by Crippen LogP contribution is 2.18. The lowest BCUT2D eigenvalue weighted by atomic mass is 10.1. The number of sulfonamides is 1. The van der Waals surface area contributed by atoms with Gasteiger partial charge in [-0.25, -0.2) is 12.7 Å². The van der Waals surface area contributed by atoms with E-state index in [1.54, 1.807) is 26.1 Å². The normalized spacial score (nSPS) is 13.4. The molecule has 1 aromatic carbocycles. The summed E-state index contributed by atoms with van der Waals surface area (Å²) >= 11 is 0. The number of hydrogen-bond acceptors (Lipinski definition) is 3. The summed E-state index contributed by atoms with van der Waals surface area (Å²) in [6.45, 7) is 6.29. The number of rotatable bonds is 7. The maximum Gasteiger partial charge on any atom is 0.242 e. The van der Waals surface area contributed by atoms with Crippen molar-refractivity contribution in [1.82, 2.24) is 4.31 Å². The zero-order chi connectivity index (χ0) is 15.3. The fraction of sp³-hybridized carbons (Fsp3) is 0.533. The van der Waals surface area contributed by atoms with E-state index in [0.29, 0.717) is 24.4 Å². The van der Waals surface area contributed by atoms with Crippen molar-refractivity contribution in [3.63, 3.8) is 0 Å². The van der Waals surface area contributed by atoms with Gasteiger partial charge in [0.05, 0.1) is 4.90 Å². The number of carbonyl (C=O) groups excluding carboxylic acids is 1. The highest BCUT2D eigenvalue weighted by atomic mass is 32.2. The molecule has 1 aromatic rings. The molecule has 0 aliphatic heterocycles. The van der Waals surface area contributed by atoms with Crippen LogP contribution in [0.1, 0.15) is 44.0 Å². The van der Waals surface area contributed by atoms with E-state index in [1.165, 1.54) is 16.4 Å². The lowest BCUT2D eigenvalue weighted by Gasteiger charge is -2.20. The van der Waals surface area contributed by atoms with Crippen LogP contribution in [0.2, 0.25) is 0 Å². The van der Waals surface area contributed by atoms with E-state index < -0.39 is 10.0 Å². The van der Waals surface area contributed by atoms with Gasteiger partial charge in [-0.1, -0.05) is 39.3 Å². The van der Waals surface area contributed by atoms with Crippen molar-refractivity contribution in [3.05, 3.63) is 29.8 Å². The molecule has 1 unspecified atom stereocenters. The van der Waals surface area contributed by atoms with Crippen LogP contribution in [0.3, 0.4) is 0 Å². The van der Waals surface area contributed by atoms with Crippen molar-refractivity contribution < 1.29 is 13.2 Å². The third-order valence-corrected chi connectivity index (χ3v) is 5.27. The van der Waals surface area contributed by atoms with Crippen LogP contribution in [0.4, 0.5) is 0 Å². The highest BCUT2D eigenvalue weighted by molar-refractivity contribution is 7.89. The SMILES string of the molecule is CCC(=O)c1cccc(S(=O)(=O)N(C)CC(C)CC)c1. The largest absolute Gasteiger partial charge is 0.294 e. The lowest BCUT2D eigenvalue weighted by molar-refractivity contribution is 0.0988. The standard InChI is InChI=1S/C15H23NO3S/c1-5-12(3)11-16(4)20(18,19)14-9-7-8-13(10-14)15(17)6-2/h7-10,12H,5-6,11H2,1-4H3. The van der Waals surface area contributed by atoms with E-state index >= 15 is 0 Å². The van der Waals surface area contributed by atoms with Gasteiger partial charge in [0.1, 0.15) is 0 Å². The second-order valence-corrected chi connectivity index (χ2v) is 7.15. The molecule has 0 radical (unpaired) electrons. The molecule has 0 amide bonds. The van der Waals surface area contributed by atoms with Gasteiger partial charge in [-0.2, -0.15) is 0 Å². The molecule has 0 aliphatic rings. The molecule has 1 rings (SSSR count). The average Bonchev–Trinajstić information content (AvgIpc) is 2.46. The maximum absolute atomic E-state index is 12.5. The molecule has 0 N–H and O–H groups in total. The first-order valence-corrected chi connectivity index (χ1v) is 8.36. The lowest BCUT2D eigenvalue weighted by Crippen LogP contribution is -2.31. The van der Waals surface area contributed by atoms with Gasteiger partial charge < -0.3 is 0 Å². The zero-order valence-electron chi connectivity index (χ0n) is 12.6. The Balaban J connectivity index is 3.06. The summed E-state index contributed by atoms with van der Waals surface area (Å²) in [6, 6.07) is 6.27. The van der Waals surface area contributed by atoms with E-state index in [0.717, 1.165) is 6.42 Å². The molecule has 112 valence electrons. The maximum atomic E-state index is 12.5. The first kappa shape index (κ1) is 16.9. The second-order valence-electron chi connectivity index (χ2n) is 5.10. The minimum absolute atomic E-state index is 0.0494. The van der Waals surface area contributed by atoms with Crippen LogP contribution in [0.15, 0.2) is 29.2 Å². The molecule has 1 atom stereocenters. The molecular weight excluding hydrogens is 274 g/mol. The third kappa shape index (κ3) is 3.90. The van der Waals surface area contributed by atoms with Crippen molar-refractivity contribution in [2.45, 2.75) is 38.5 Å². The number of carbonyl (C=O) groups is 1. The van der Waals surface area contributed by atoms with Crippen molar-refractivity contribution in [2.75, 3.05) is 13.6 Å². The second kappa shape index (κ2) is 6.99. The van der Waals surface area contributed by atoms with Crippen LogP contribution in [0.5, 0.6) is 0 Å². The van der Waals surface area contributed by atoms with Crippen LogP contribution in [-0.2, 0) is 10.0 Å². The molecule has 0 fully saturated rings. The fourth-order valence-electron chi connectivity index (χ4n) is 1.88. The summed E-state index contributed by atoms with van der Waals surface area (Å²) in [7, 11) is -1.95. The van der Waals surface area contributed by atoms with Crippen LogP contribution >= 0.6 is 0 Å². The zero-order valence-corrected chi connectivity index (χ0v) is 13.4. The van der Waals surface area contributed by atoms with Crippen LogP contribution < -0.4 is 0 Å². The predicted octanol–water partition coefficient (Wildman–Crippen LogP) is 2.95. The monoisotopic (exact) mass is 297 g/mol. The minimum Gasteiger partial charge on any atom is -0.294 e. The van der Waals surface area contributed by atoms with E-state index in [2.05, 4.69) is 0 Å². The van der Waals surface area contributed by atoms with Gasteiger partial charge in [-0.15, -0.1) is 0 Å². The van der Waals surface area contributed by atoms with Crippen molar-refractivity contribution >= 4 is 15.8 Å². The quantitative estimate of drug-likeness (QED) is 0.727. The Kier molecular flexibility index (Phi) is 5.89. The molecule has 0 saturated heterocycles. The van der Waals surface area contributed by atoms with Crippen LogP contribution in [-0.4, -0.2) is 32.1 Å². The molecule has 0 bridgehead atoms. The molecule has 5 heteroatoms. The Morgan fingerprint density at radius 2 is 1.95 bits per heavy atom. The summed E-state index contributed by atoms with van der Waals surface area (Å²) in [6.07, 6.45) is 1.29. The smallest absolute Gasteiger partial charge is 0.242 e. The van der Waals surface area contributed by atoms with Crippen LogP contribution in [0, 0.1) is 5.92 Å². The van der Waals surface area contributed by atoms with Crippen molar-refractivity contribution in [2.24, 2.45) is 5.92 Å². The molecule has 0 aliphatic carbocycles. The Morgan fingerprint density at radius 1 is 1.30 bits per heavy atom. The van der Waals surface area contributed by atoms with Gasteiger partial charge in [-0.3, -0.25) is 4.79 Å². The fourth-order valence-corrected chi connectivity index (χ4v) is 3.22. The topological polar surface area (TPSA) is 54.5 Å².